The van der Waals surface area contributed by atoms with E-state index in [0.717, 1.165) is 43.2 Å². The molecule has 2 rings (SSSR count). The molecule has 0 unspecified atom stereocenters. The second-order valence-corrected chi connectivity index (χ2v) is 5.29. The Morgan fingerprint density at radius 2 is 2.14 bits per heavy atom. The van der Waals surface area contributed by atoms with Crippen LogP contribution in [-0.2, 0) is 0 Å². The highest BCUT2D eigenvalue weighted by atomic mass is 16.6. The maximum atomic E-state index is 10.9. The molecule has 21 heavy (non-hydrogen) atoms. The Morgan fingerprint density at radius 1 is 1.33 bits per heavy atom. The minimum Gasteiger partial charge on any atom is -0.411 e. The molecule has 0 saturated carbocycles. The quantitative estimate of drug-likeness (QED) is 0.361. The maximum absolute atomic E-state index is 10.9. The van der Waals surface area contributed by atoms with E-state index in [0.29, 0.717) is 12.1 Å². The molecule has 5 nitrogen and oxygen atoms in total. The van der Waals surface area contributed by atoms with Gasteiger partial charge in [-0.05, 0) is 31.2 Å². The van der Waals surface area contributed by atoms with Gasteiger partial charge in [-0.3, -0.25) is 10.1 Å². The van der Waals surface area contributed by atoms with Crippen LogP contribution in [0.5, 0.6) is 0 Å². The number of nitrogens with zero attached hydrogens (tertiary/aromatic N) is 2. The molecule has 112 valence electrons. The number of benzene rings is 1. The summed E-state index contributed by atoms with van der Waals surface area (Å²) < 4.78 is 0. The molecular weight excluding hydrogens is 268 g/mol. The lowest BCUT2D eigenvalue weighted by molar-refractivity contribution is -0.384. The number of rotatable bonds is 6. The second kappa shape index (κ2) is 7.02. The summed E-state index contributed by atoms with van der Waals surface area (Å²) in [6, 6.07) is 6.56. The van der Waals surface area contributed by atoms with Crippen molar-refractivity contribution in [1.82, 2.24) is 0 Å². The number of hydrogen-bond acceptors (Lipinski definition) is 4. The Hall–Kier alpha value is -2.17. The van der Waals surface area contributed by atoms with Crippen LogP contribution < -0.4 is 0 Å². The molecule has 1 aromatic rings. The molecule has 1 aliphatic carbocycles. The summed E-state index contributed by atoms with van der Waals surface area (Å²) in [5.41, 5.74) is 3.63. The van der Waals surface area contributed by atoms with Crippen LogP contribution in [0.2, 0.25) is 0 Å². The van der Waals surface area contributed by atoms with Crippen molar-refractivity contribution in [3.63, 3.8) is 0 Å². The highest BCUT2D eigenvalue weighted by Crippen LogP contribution is 2.35. The summed E-state index contributed by atoms with van der Waals surface area (Å²) in [6.45, 7) is 2.16. The van der Waals surface area contributed by atoms with E-state index in [2.05, 4.69) is 12.1 Å². The second-order valence-electron chi connectivity index (χ2n) is 5.29. The number of non-ortho nitro benzene ring substituents is 1. The van der Waals surface area contributed by atoms with Gasteiger partial charge in [-0.25, -0.2) is 0 Å². The Morgan fingerprint density at radius 3 is 2.81 bits per heavy atom. The highest BCUT2D eigenvalue weighted by molar-refractivity contribution is 6.26. The average molecular weight is 288 g/mol. The molecular formula is C16H20N2O3. The topological polar surface area (TPSA) is 75.7 Å². The predicted octanol–water partition coefficient (Wildman–Crippen LogP) is 4.55. The van der Waals surface area contributed by atoms with Crippen molar-refractivity contribution < 1.29 is 10.1 Å². The predicted molar refractivity (Wildman–Crippen MR) is 82.6 cm³/mol. The normalized spacial score (nSPS) is 16.7. The molecule has 0 amide bonds. The van der Waals surface area contributed by atoms with Gasteiger partial charge in [0, 0.05) is 17.7 Å². The van der Waals surface area contributed by atoms with E-state index in [1.54, 1.807) is 12.1 Å². The molecule has 1 aromatic carbocycles. The van der Waals surface area contributed by atoms with E-state index >= 15 is 0 Å². The fraction of sp³-hybridized carbons (Fsp3) is 0.438. The van der Waals surface area contributed by atoms with Crippen LogP contribution >= 0.6 is 0 Å². The Labute approximate surface area is 124 Å². The molecule has 0 saturated heterocycles. The van der Waals surface area contributed by atoms with Crippen LogP contribution in [-0.4, -0.2) is 15.8 Å². The summed E-state index contributed by atoms with van der Waals surface area (Å²) in [4.78, 5) is 10.5. The van der Waals surface area contributed by atoms with E-state index in [-0.39, 0.29) is 5.69 Å². The summed E-state index contributed by atoms with van der Waals surface area (Å²) in [5.74, 6) is 0. The summed E-state index contributed by atoms with van der Waals surface area (Å²) in [6.07, 6.45) is 5.96. The van der Waals surface area contributed by atoms with Gasteiger partial charge >= 0.3 is 0 Å². The van der Waals surface area contributed by atoms with Gasteiger partial charge < -0.3 is 5.21 Å². The van der Waals surface area contributed by atoms with Crippen LogP contribution in [0.25, 0.3) is 5.57 Å². The first-order chi connectivity index (χ1) is 10.2. The van der Waals surface area contributed by atoms with Crippen LogP contribution in [0, 0.1) is 10.1 Å². The SMILES string of the molecule is CCCCCC1=C(c2cccc([N+](=O)[O-])c2)/C(=N/O)CC1. The van der Waals surface area contributed by atoms with Crippen LogP contribution in [0.4, 0.5) is 5.69 Å². The molecule has 0 heterocycles. The molecule has 5 heteroatoms. The molecule has 0 aliphatic heterocycles. The minimum atomic E-state index is -0.397. The third kappa shape index (κ3) is 3.48. The molecule has 1 N–H and O–H groups in total. The summed E-state index contributed by atoms with van der Waals surface area (Å²) in [7, 11) is 0. The molecule has 0 spiro atoms. The third-order valence-corrected chi connectivity index (χ3v) is 3.85. The first-order valence-corrected chi connectivity index (χ1v) is 7.35. The van der Waals surface area contributed by atoms with Crippen molar-refractivity contribution in [2.24, 2.45) is 5.16 Å². The van der Waals surface area contributed by atoms with Crippen molar-refractivity contribution >= 4 is 17.0 Å². The van der Waals surface area contributed by atoms with Gasteiger partial charge in [0.25, 0.3) is 5.69 Å². The largest absolute Gasteiger partial charge is 0.411 e. The third-order valence-electron chi connectivity index (χ3n) is 3.85. The number of allylic oxidation sites excluding steroid dienone is 2. The van der Waals surface area contributed by atoms with Crippen molar-refractivity contribution in [2.45, 2.75) is 45.4 Å². The van der Waals surface area contributed by atoms with Crippen LogP contribution in [0.3, 0.4) is 0 Å². The van der Waals surface area contributed by atoms with Crippen molar-refractivity contribution in [3.05, 3.63) is 45.5 Å². The Balaban J connectivity index is 2.37. The van der Waals surface area contributed by atoms with Crippen LogP contribution in [0.1, 0.15) is 51.0 Å². The van der Waals surface area contributed by atoms with E-state index in [1.165, 1.54) is 11.6 Å². The zero-order chi connectivity index (χ0) is 15.2. The Bertz CT molecular complexity index is 591. The van der Waals surface area contributed by atoms with E-state index in [4.69, 9.17) is 0 Å². The summed E-state index contributed by atoms with van der Waals surface area (Å²) in [5, 5.41) is 23.5. The lowest BCUT2D eigenvalue weighted by Gasteiger charge is -2.08. The lowest BCUT2D eigenvalue weighted by atomic mass is 9.97. The molecule has 0 aromatic heterocycles. The zero-order valence-corrected chi connectivity index (χ0v) is 12.2. The zero-order valence-electron chi connectivity index (χ0n) is 12.2. The minimum absolute atomic E-state index is 0.0668. The van der Waals surface area contributed by atoms with Crippen molar-refractivity contribution in [3.8, 4) is 0 Å². The van der Waals surface area contributed by atoms with Gasteiger partial charge in [0.15, 0.2) is 0 Å². The van der Waals surface area contributed by atoms with Gasteiger partial charge in [-0.1, -0.05) is 42.6 Å². The van der Waals surface area contributed by atoms with Crippen molar-refractivity contribution in [2.75, 3.05) is 0 Å². The number of oxime groups is 1. The first-order valence-electron chi connectivity index (χ1n) is 7.35. The highest BCUT2D eigenvalue weighted by Gasteiger charge is 2.23. The number of nitro groups is 1. The van der Waals surface area contributed by atoms with E-state index in [1.807, 2.05) is 6.07 Å². The lowest BCUT2D eigenvalue weighted by Crippen LogP contribution is -1.98. The standard InChI is InChI=1S/C16H20N2O3/c1-2-3-4-6-12-9-10-15(17-19)16(12)13-7-5-8-14(11-13)18(20)21/h5,7-8,11,19H,2-4,6,9-10H2,1H3/b17-15+. The fourth-order valence-electron chi connectivity index (χ4n) is 2.81. The average Bonchev–Trinajstić information content (AvgIpc) is 2.90. The molecule has 0 bridgehead atoms. The smallest absolute Gasteiger partial charge is 0.270 e. The number of hydrogen-bond donors (Lipinski definition) is 1. The van der Waals surface area contributed by atoms with E-state index < -0.39 is 4.92 Å². The van der Waals surface area contributed by atoms with Gasteiger partial charge in [-0.2, -0.15) is 0 Å². The molecule has 1 aliphatic rings. The molecule has 0 fully saturated rings. The van der Waals surface area contributed by atoms with Gasteiger partial charge in [0.05, 0.1) is 10.6 Å². The summed E-state index contributed by atoms with van der Waals surface area (Å²) >= 11 is 0. The van der Waals surface area contributed by atoms with Gasteiger partial charge in [0.2, 0.25) is 0 Å². The van der Waals surface area contributed by atoms with E-state index in [9.17, 15) is 15.3 Å². The Kier molecular flexibility index (Phi) is 5.09. The van der Waals surface area contributed by atoms with Crippen LogP contribution in [0.15, 0.2) is 35.0 Å². The van der Waals surface area contributed by atoms with Crippen molar-refractivity contribution in [1.29, 1.82) is 0 Å². The molecule has 0 atom stereocenters. The monoisotopic (exact) mass is 288 g/mol. The first kappa shape index (κ1) is 15.2. The maximum Gasteiger partial charge on any atom is 0.270 e. The fourth-order valence-corrected chi connectivity index (χ4v) is 2.81. The van der Waals surface area contributed by atoms with Gasteiger partial charge in [-0.15, -0.1) is 0 Å². The van der Waals surface area contributed by atoms with Gasteiger partial charge in [0.1, 0.15) is 0 Å². The number of unbranched alkanes of at least 4 members (excludes halogenated alkanes) is 2. The number of nitro benzene ring substituents is 1. The molecule has 0 radical (unpaired) electrons.